The van der Waals surface area contributed by atoms with E-state index in [2.05, 4.69) is 19.2 Å². The van der Waals surface area contributed by atoms with Crippen LogP contribution in [0.2, 0.25) is 0 Å². The molecular formula is C14H22N2O. The normalized spacial score (nSPS) is 12.5. The first-order valence-corrected chi connectivity index (χ1v) is 6.27. The standard InChI is InChI=1S/C14H22N2O/c1-3-11(4-2)10-16-14(17)13(15)12-8-6-5-7-9-12/h5-9,11,13H,3-4,10,15H2,1-2H3,(H,16,17). The molecule has 0 saturated carbocycles. The number of carbonyl (C=O) groups is 1. The van der Waals surface area contributed by atoms with Gasteiger partial charge in [0.05, 0.1) is 0 Å². The molecule has 0 aliphatic heterocycles. The fourth-order valence-corrected chi connectivity index (χ4v) is 1.74. The first-order chi connectivity index (χ1) is 8.19. The molecule has 0 aromatic heterocycles. The highest BCUT2D eigenvalue weighted by molar-refractivity contribution is 5.82. The van der Waals surface area contributed by atoms with Crippen molar-refractivity contribution in [1.82, 2.24) is 5.32 Å². The molecule has 0 spiro atoms. The van der Waals surface area contributed by atoms with Crippen molar-refractivity contribution in [2.75, 3.05) is 6.54 Å². The Bertz CT molecular complexity index is 333. The zero-order chi connectivity index (χ0) is 12.7. The Balaban J connectivity index is 2.48. The van der Waals surface area contributed by atoms with E-state index in [0.29, 0.717) is 12.5 Å². The van der Waals surface area contributed by atoms with E-state index in [4.69, 9.17) is 5.73 Å². The van der Waals surface area contributed by atoms with Crippen LogP contribution in [0.15, 0.2) is 30.3 Å². The third-order valence-electron chi connectivity index (χ3n) is 3.16. The molecule has 0 heterocycles. The maximum Gasteiger partial charge on any atom is 0.241 e. The summed E-state index contributed by atoms with van der Waals surface area (Å²) in [6, 6.07) is 8.89. The molecule has 94 valence electrons. The van der Waals surface area contributed by atoms with Gasteiger partial charge in [-0.2, -0.15) is 0 Å². The summed E-state index contributed by atoms with van der Waals surface area (Å²) in [5.74, 6) is 0.449. The minimum absolute atomic E-state index is 0.0944. The lowest BCUT2D eigenvalue weighted by Crippen LogP contribution is -2.36. The molecule has 0 aliphatic carbocycles. The Morgan fingerprint density at radius 2 is 1.82 bits per heavy atom. The first-order valence-electron chi connectivity index (χ1n) is 6.27. The predicted molar refractivity (Wildman–Crippen MR) is 70.5 cm³/mol. The molecule has 1 aromatic rings. The van der Waals surface area contributed by atoms with Crippen LogP contribution in [-0.2, 0) is 4.79 Å². The second-order valence-corrected chi connectivity index (χ2v) is 4.32. The second kappa shape index (κ2) is 7.07. The van der Waals surface area contributed by atoms with Gasteiger partial charge in [0.25, 0.3) is 0 Å². The van der Waals surface area contributed by atoms with Gasteiger partial charge in [-0.15, -0.1) is 0 Å². The topological polar surface area (TPSA) is 55.1 Å². The Morgan fingerprint density at radius 1 is 1.24 bits per heavy atom. The molecule has 0 radical (unpaired) electrons. The van der Waals surface area contributed by atoms with Gasteiger partial charge in [0.15, 0.2) is 0 Å². The molecule has 3 nitrogen and oxygen atoms in total. The largest absolute Gasteiger partial charge is 0.354 e. The van der Waals surface area contributed by atoms with Crippen LogP contribution < -0.4 is 11.1 Å². The number of hydrogen-bond acceptors (Lipinski definition) is 2. The van der Waals surface area contributed by atoms with Crippen molar-refractivity contribution in [2.24, 2.45) is 11.7 Å². The van der Waals surface area contributed by atoms with E-state index in [0.717, 1.165) is 18.4 Å². The van der Waals surface area contributed by atoms with Crippen molar-refractivity contribution >= 4 is 5.91 Å². The zero-order valence-corrected chi connectivity index (χ0v) is 10.6. The van der Waals surface area contributed by atoms with Crippen LogP contribution in [0.25, 0.3) is 0 Å². The van der Waals surface area contributed by atoms with E-state index in [1.165, 1.54) is 0 Å². The van der Waals surface area contributed by atoms with Gasteiger partial charge in [0.2, 0.25) is 5.91 Å². The van der Waals surface area contributed by atoms with E-state index in [1.807, 2.05) is 30.3 Å². The van der Waals surface area contributed by atoms with E-state index in [9.17, 15) is 4.79 Å². The Labute approximate surface area is 103 Å². The second-order valence-electron chi connectivity index (χ2n) is 4.32. The van der Waals surface area contributed by atoms with Crippen LogP contribution in [-0.4, -0.2) is 12.5 Å². The van der Waals surface area contributed by atoms with Crippen LogP contribution >= 0.6 is 0 Å². The smallest absolute Gasteiger partial charge is 0.241 e. The third-order valence-corrected chi connectivity index (χ3v) is 3.16. The summed E-state index contributed by atoms with van der Waals surface area (Å²) in [5.41, 5.74) is 6.75. The van der Waals surface area contributed by atoms with E-state index in [-0.39, 0.29) is 5.91 Å². The van der Waals surface area contributed by atoms with Crippen molar-refractivity contribution in [3.63, 3.8) is 0 Å². The van der Waals surface area contributed by atoms with Crippen LogP contribution in [0.4, 0.5) is 0 Å². The predicted octanol–water partition coefficient (Wildman–Crippen LogP) is 2.24. The molecule has 1 rings (SSSR count). The average Bonchev–Trinajstić information content (AvgIpc) is 2.39. The van der Waals surface area contributed by atoms with E-state index in [1.54, 1.807) is 0 Å². The van der Waals surface area contributed by atoms with Gasteiger partial charge in [-0.1, -0.05) is 57.0 Å². The zero-order valence-electron chi connectivity index (χ0n) is 10.6. The SMILES string of the molecule is CCC(CC)CNC(=O)C(N)c1ccccc1. The summed E-state index contributed by atoms with van der Waals surface area (Å²) in [5, 5.41) is 2.92. The third kappa shape index (κ3) is 4.19. The molecule has 0 fully saturated rings. The molecule has 0 saturated heterocycles. The van der Waals surface area contributed by atoms with Gasteiger partial charge < -0.3 is 11.1 Å². The number of rotatable bonds is 6. The summed E-state index contributed by atoms with van der Waals surface area (Å²) < 4.78 is 0. The van der Waals surface area contributed by atoms with Crippen LogP contribution in [0.5, 0.6) is 0 Å². The summed E-state index contributed by atoms with van der Waals surface area (Å²) in [4.78, 5) is 11.8. The number of hydrogen-bond donors (Lipinski definition) is 2. The molecule has 0 aliphatic rings. The summed E-state index contributed by atoms with van der Waals surface area (Å²) in [7, 11) is 0. The molecule has 17 heavy (non-hydrogen) atoms. The molecule has 1 unspecified atom stereocenters. The van der Waals surface area contributed by atoms with Crippen LogP contribution in [0, 0.1) is 5.92 Å². The number of nitrogens with one attached hydrogen (secondary N) is 1. The van der Waals surface area contributed by atoms with Gasteiger partial charge in [-0.05, 0) is 11.5 Å². The van der Waals surface area contributed by atoms with Crippen molar-refractivity contribution < 1.29 is 4.79 Å². The fraction of sp³-hybridized carbons (Fsp3) is 0.500. The number of nitrogens with two attached hydrogens (primary N) is 1. The quantitative estimate of drug-likeness (QED) is 0.793. The van der Waals surface area contributed by atoms with Crippen LogP contribution in [0.3, 0.4) is 0 Å². The summed E-state index contributed by atoms with van der Waals surface area (Å²) >= 11 is 0. The molecule has 1 amide bonds. The lowest BCUT2D eigenvalue weighted by Gasteiger charge is -2.16. The molecule has 3 heteroatoms. The highest BCUT2D eigenvalue weighted by Crippen LogP contribution is 2.10. The van der Waals surface area contributed by atoms with Gasteiger partial charge in [-0.3, -0.25) is 4.79 Å². The molecule has 1 atom stereocenters. The first kappa shape index (κ1) is 13.7. The Hall–Kier alpha value is -1.35. The minimum atomic E-state index is -0.564. The van der Waals surface area contributed by atoms with Crippen LogP contribution in [0.1, 0.15) is 38.3 Å². The number of carbonyl (C=O) groups excluding carboxylic acids is 1. The minimum Gasteiger partial charge on any atom is -0.354 e. The molecule has 1 aromatic carbocycles. The highest BCUT2D eigenvalue weighted by Gasteiger charge is 2.15. The van der Waals surface area contributed by atoms with Crippen molar-refractivity contribution in [3.05, 3.63) is 35.9 Å². The monoisotopic (exact) mass is 234 g/mol. The van der Waals surface area contributed by atoms with Gasteiger partial charge in [-0.25, -0.2) is 0 Å². The van der Waals surface area contributed by atoms with Crippen molar-refractivity contribution in [1.29, 1.82) is 0 Å². The lowest BCUT2D eigenvalue weighted by atomic mass is 10.0. The average molecular weight is 234 g/mol. The summed E-state index contributed by atoms with van der Waals surface area (Å²) in [6.07, 6.45) is 2.16. The lowest BCUT2D eigenvalue weighted by molar-refractivity contribution is -0.122. The molecule has 0 bridgehead atoms. The maximum atomic E-state index is 11.8. The number of amides is 1. The summed E-state index contributed by atoms with van der Waals surface area (Å²) in [6.45, 7) is 4.99. The Kier molecular flexibility index (Phi) is 5.70. The van der Waals surface area contributed by atoms with Crippen molar-refractivity contribution in [3.8, 4) is 0 Å². The van der Waals surface area contributed by atoms with Gasteiger partial charge in [0.1, 0.15) is 6.04 Å². The van der Waals surface area contributed by atoms with Gasteiger partial charge in [0, 0.05) is 6.54 Å². The van der Waals surface area contributed by atoms with Gasteiger partial charge >= 0.3 is 0 Å². The highest BCUT2D eigenvalue weighted by atomic mass is 16.2. The van der Waals surface area contributed by atoms with E-state index < -0.39 is 6.04 Å². The van der Waals surface area contributed by atoms with Crippen molar-refractivity contribution in [2.45, 2.75) is 32.7 Å². The fourth-order valence-electron chi connectivity index (χ4n) is 1.74. The van der Waals surface area contributed by atoms with E-state index >= 15 is 0 Å². The molecular weight excluding hydrogens is 212 g/mol. The molecule has 3 N–H and O–H groups in total. The maximum absolute atomic E-state index is 11.8. The number of benzene rings is 1. The Morgan fingerprint density at radius 3 is 2.35 bits per heavy atom.